The summed E-state index contributed by atoms with van der Waals surface area (Å²) in [5, 5.41) is 23.9. The van der Waals surface area contributed by atoms with E-state index in [2.05, 4.69) is 19.8 Å². The smallest absolute Gasteiger partial charge is 0.229 e. The average Bonchev–Trinajstić information content (AvgIpc) is 3.14. The highest BCUT2D eigenvalue weighted by Crippen LogP contribution is 2.24. The molecule has 0 aromatic carbocycles. The predicted octanol–water partition coefficient (Wildman–Crippen LogP) is -1.29. The molecule has 4 atom stereocenters. The Morgan fingerprint density at radius 2 is 1.88 bits per heavy atom. The summed E-state index contributed by atoms with van der Waals surface area (Å²) < 4.78 is 35.2. The van der Waals surface area contributed by atoms with Crippen molar-refractivity contribution in [1.29, 1.82) is 0 Å². The van der Waals surface area contributed by atoms with Crippen LogP contribution in [0.5, 0.6) is 0 Å². The Hall–Kier alpha value is -1.92. The standard InChI is InChI=1S/C14H18N4O6S/c1-25(21,22)16-7-10-13(20)12(19)9(23-10)6-11-17-14(18-24-11)8-2-4-15-5-3-8/h2-5,9-10,12-13,16,19-20H,6-7H2,1H3. The number of aliphatic hydroxyl groups is 2. The molecule has 0 aliphatic carbocycles. The fourth-order valence-corrected chi connectivity index (χ4v) is 2.99. The molecule has 10 nitrogen and oxygen atoms in total. The number of ether oxygens (including phenoxy) is 1. The van der Waals surface area contributed by atoms with E-state index in [-0.39, 0.29) is 18.9 Å². The molecule has 136 valence electrons. The van der Waals surface area contributed by atoms with Gasteiger partial charge in [0.2, 0.25) is 21.7 Å². The van der Waals surface area contributed by atoms with Gasteiger partial charge in [0.15, 0.2) is 0 Å². The third kappa shape index (κ3) is 4.38. The number of hydrogen-bond acceptors (Lipinski definition) is 9. The monoisotopic (exact) mass is 370 g/mol. The minimum Gasteiger partial charge on any atom is -0.388 e. The minimum atomic E-state index is -3.42. The van der Waals surface area contributed by atoms with Crippen LogP contribution in [-0.2, 0) is 21.2 Å². The summed E-state index contributed by atoms with van der Waals surface area (Å²) in [5.74, 6) is 0.612. The number of nitrogens with zero attached hydrogens (tertiary/aromatic N) is 3. The molecule has 3 N–H and O–H groups in total. The Bertz CT molecular complexity index is 812. The van der Waals surface area contributed by atoms with Crippen molar-refractivity contribution >= 4 is 10.0 Å². The van der Waals surface area contributed by atoms with Crippen LogP contribution in [0.4, 0.5) is 0 Å². The molecule has 0 bridgehead atoms. The summed E-state index contributed by atoms with van der Waals surface area (Å²) >= 11 is 0. The zero-order chi connectivity index (χ0) is 18.0. The molecule has 1 fully saturated rings. The molecule has 1 aliphatic heterocycles. The second kappa shape index (κ2) is 7.14. The maximum atomic E-state index is 11.1. The Morgan fingerprint density at radius 3 is 2.56 bits per heavy atom. The molecule has 25 heavy (non-hydrogen) atoms. The SMILES string of the molecule is CS(=O)(=O)NCC1OC(Cc2nc(-c3ccncc3)no2)C(O)C1O. The van der Waals surface area contributed by atoms with Crippen LogP contribution < -0.4 is 4.72 Å². The van der Waals surface area contributed by atoms with Crippen LogP contribution in [0.2, 0.25) is 0 Å². The fourth-order valence-electron chi connectivity index (χ4n) is 2.52. The number of aromatic nitrogens is 3. The highest BCUT2D eigenvalue weighted by atomic mass is 32.2. The molecule has 0 amide bonds. The predicted molar refractivity (Wildman–Crippen MR) is 84.8 cm³/mol. The highest BCUT2D eigenvalue weighted by Gasteiger charge is 2.43. The zero-order valence-corrected chi connectivity index (χ0v) is 14.1. The van der Waals surface area contributed by atoms with Crippen molar-refractivity contribution in [1.82, 2.24) is 19.8 Å². The largest absolute Gasteiger partial charge is 0.388 e. The van der Waals surface area contributed by atoms with E-state index in [1.54, 1.807) is 24.5 Å². The normalized spacial score (nSPS) is 26.8. The first-order valence-electron chi connectivity index (χ1n) is 7.53. The van der Waals surface area contributed by atoms with Crippen molar-refractivity contribution in [3.05, 3.63) is 30.4 Å². The van der Waals surface area contributed by atoms with Gasteiger partial charge in [-0.2, -0.15) is 4.98 Å². The summed E-state index contributed by atoms with van der Waals surface area (Å²) in [6, 6.07) is 3.46. The first kappa shape index (κ1) is 17.9. The Balaban J connectivity index is 1.64. The van der Waals surface area contributed by atoms with Crippen LogP contribution in [0, 0.1) is 0 Å². The van der Waals surface area contributed by atoms with Gasteiger partial charge in [-0.15, -0.1) is 0 Å². The van der Waals surface area contributed by atoms with Crippen molar-refractivity contribution in [2.45, 2.75) is 30.8 Å². The van der Waals surface area contributed by atoms with Gasteiger partial charge < -0.3 is 19.5 Å². The van der Waals surface area contributed by atoms with Crippen molar-refractivity contribution < 1.29 is 27.9 Å². The maximum absolute atomic E-state index is 11.1. The van der Waals surface area contributed by atoms with Gasteiger partial charge in [0.25, 0.3) is 0 Å². The van der Waals surface area contributed by atoms with Crippen LogP contribution in [-0.4, -0.2) is 71.0 Å². The lowest BCUT2D eigenvalue weighted by Gasteiger charge is -2.14. The molecule has 2 aromatic heterocycles. The van der Waals surface area contributed by atoms with Gasteiger partial charge in [-0.1, -0.05) is 5.16 Å². The van der Waals surface area contributed by atoms with Gasteiger partial charge in [0.05, 0.1) is 18.8 Å². The quantitative estimate of drug-likeness (QED) is 0.565. The van der Waals surface area contributed by atoms with Crippen LogP contribution in [0.3, 0.4) is 0 Å². The summed E-state index contributed by atoms with van der Waals surface area (Å²) in [7, 11) is -3.42. The van der Waals surface area contributed by atoms with E-state index in [1.165, 1.54) is 0 Å². The molecule has 3 heterocycles. The van der Waals surface area contributed by atoms with Crippen LogP contribution in [0.1, 0.15) is 5.89 Å². The lowest BCUT2D eigenvalue weighted by atomic mass is 10.1. The maximum Gasteiger partial charge on any atom is 0.229 e. The molecule has 1 aliphatic rings. The number of aliphatic hydroxyl groups excluding tert-OH is 2. The number of pyridine rings is 1. The van der Waals surface area contributed by atoms with Crippen molar-refractivity contribution in [3.8, 4) is 11.4 Å². The summed E-state index contributed by atoms with van der Waals surface area (Å²) in [4.78, 5) is 8.13. The van der Waals surface area contributed by atoms with Gasteiger partial charge in [0.1, 0.15) is 18.3 Å². The van der Waals surface area contributed by atoms with Crippen molar-refractivity contribution in [2.75, 3.05) is 12.8 Å². The number of sulfonamides is 1. The first-order chi connectivity index (χ1) is 11.8. The van der Waals surface area contributed by atoms with Gasteiger partial charge in [-0.25, -0.2) is 13.1 Å². The van der Waals surface area contributed by atoms with E-state index in [4.69, 9.17) is 9.26 Å². The molecule has 3 rings (SSSR count). The Kier molecular flexibility index (Phi) is 5.11. The van der Waals surface area contributed by atoms with Crippen molar-refractivity contribution in [2.24, 2.45) is 0 Å². The topological polar surface area (TPSA) is 148 Å². The zero-order valence-electron chi connectivity index (χ0n) is 13.3. The third-order valence-electron chi connectivity index (χ3n) is 3.79. The molecular formula is C14H18N4O6S. The molecule has 0 saturated carbocycles. The Labute approximate surface area is 143 Å². The summed E-state index contributed by atoms with van der Waals surface area (Å²) in [5.41, 5.74) is 0.730. The lowest BCUT2D eigenvalue weighted by molar-refractivity contribution is 0.00790. The Morgan fingerprint density at radius 1 is 1.20 bits per heavy atom. The van der Waals surface area contributed by atoms with Gasteiger partial charge in [-0.05, 0) is 12.1 Å². The number of nitrogens with one attached hydrogen (secondary N) is 1. The van der Waals surface area contributed by atoms with Crippen LogP contribution in [0.25, 0.3) is 11.4 Å². The number of rotatable bonds is 6. The molecule has 2 aromatic rings. The van der Waals surface area contributed by atoms with Gasteiger partial charge in [-0.3, -0.25) is 4.98 Å². The van der Waals surface area contributed by atoms with Gasteiger partial charge in [0, 0.05) is 24.5 Å². The summed E-state index contributed by atoms with van der Waals surface area (Å²) in [6.07, 6.45) is 0.233. The number of hydrogen-bond donors (Lipinski definition) is 3. The highest BCUT2D eigenvalue weighted by molar-refractivity contribution is 7.88. The molecule has 4 unspecified atom stereocenters. The summed E-state index contributed by atoms with van der Waals surface area (Å²) in [6.45, 7) is -0.139. The van der Waals surface area contributed by atoms with Crippen LogP contribution in [0.15, 0.2) is 29.0 Å². The average molecular weight is 370 g/mol. The van der Waals surface area contributed by atoms with Crippen LogP contribution >= 0.6 is 0 Å². The molecule has 0 radical (unpaired) electrons. The van der Waals surface area contributed by atoms with E-state index < -0.39 is 34.4 Å². The third-order valence-corrected chi connectivity index (χ3v) is 4.48. The first-order valence-corrected chi connectivity index (χ1v) is 9.42. The van der Waals surface area contributed by atoms with E-state index in [0.717, 1.165) is 11.8 Å². The van der Waals surface area contributed by atoms with E-state index in [0.29, 0.717) is 5.82 Å². The molecular weight excluding hydrogens is 352 g/mol. The fraction of sp³-hybridized carbons (Fsp3) is 0.500. The lowest BCUT2D eigenvalue weighted by Crippen LogP contribution is -2.39. The van der Waals surface area contributed by atoms with E-state index in [1.807, 2.05) is 0 Å². The molecule has 0 spiro atoms. The van der Waals surface area contributed by atoms with Gasteiger partial charge >= 0.3 is 0 Å². The minimum absolute atomic E-state index is 0.0890. The van der Waals surface area contributed by atoms with E-state index in [9.17, 15) is 18.6 Å². The van der Waals surface area contributed by atoms with E-state index >= 15 is 0 Å². The van der Waals surface area contributed by atoms with Crippen molar-refractivity contribution in [3.63, 3.8) is 0 Å². The molecule has 1 saturated heterocycles. The molecule has 11 heteroatoms. The second-order valence-corrected chi connectivity index (χ2v) is 7.60. The second-order valence-electron chi connectivity index (χ2n) is 5.77.